The van der Waals surface area contributed by atoms with E-state index in [4.69, 9.17) is 0 Å². The monoisotopic (exact) mass is 216 g/mol. The first-order valence-electron chi connectivity index (χ1n) is 0. The molecule has 0 aromatic carbocycles. The highest BCUT2D eigenvalue weighted by molar-refractivity contribution is 5.76. The molecule has 8 heavy (non-hydrogen) atoms. The van der Waals surface area contributed by atoms with Gasteiger partial charge < -0.3 is 0 Å². The molecule has 0 nitrogen and oxygen atoms in total. The highest BCUT2D eigenvalue weighted by atomic mass is 27.0. The highest BCUT2D eigenvalue weighted by Crippen LogP contribution is -0.374. The molecule has 0 aromatic heterocycles. The molecular weight excluding hydrogens is 216 g/mol. The molecule has 24 radical (unpaired) electrons. The highest BCUT2D eigenvalue weighted by Gasteiger charge is 0.00700. The molecule has 0 unspecified atom stereocenters. The standard InChI is InChI=1S/8Al. The fourth-order valence-corrected chi connectivity index (χ4v) is 0. The van der Waals surface area contributed by atoms with Crippen molar-refractivity contribution in [3.63, 3.8) is 0 Å². The van der Waals surface area contributed by atoms with Crippen LogP contribution in [0, 0.1) is 0 Å². The lowest BCUT2D eigenvalue weighted by molar-refractivity contribution is 5.75. The molecule has 0 rings (SSSR count). The summed E-state index contributed by atoms with van der Waals surface area (Å²) in [5, 5.41) is 0. The lowest BCUT2D eigenvalue weighted by Crippen LogP contribution is -0.382. The van der Waals surface area contributed by atoms with E-state index in [0.29, 0.717) is 0 Å². The molecule has 0 spiro atoms. The van der Waals surface area contributed by atoms with E-state index in [1.165, 1.54) is 0 Å². The minimum absolute atomic E-state index is 0. The third kappa shape index (κ3) is 48.5. The van der Waals surface area contributed by atoms with Gasteiger partial charge in [0.2, 0.25) is 0 Å². The Bertz CT molecular complexity index is 0. The molecular formula is Al8. The Labute approximate surface area is 136 Å². The predicted octanol–water partition coefficient (Wildman–Crippen LogP) is -3.05. The Morgan fingerprint density at radius 2 is 0.125 bits per heavy atom. The smallest absolute Gasteiger partial charge is 0 e. The maximum Gasteiger partial charge on any atom is 0 e. The molecule has 0 aliphatic carbocycles. The summed E-state index contributed by atoms with van der Waals surface area (Å²) in [6.45, 7) is 0. The molecule has 0 fully saturated rings. The number of hydrogen-bond acceptors (Lipinski definition) is 0. The van der Waals surface area contributed by atoms with Gasteiger partial charge in [-0.15, -0.1) is 0 Å². The molecule has 0 aliphatic heterocycles. The fourth-order valence-electron chi connectivity index (χ4n) is 0. The normalized spacial score (nSPS) is 0. The van der Waals surface area contributed by atoms with Crippen LogP contribution in [0.5, 0.6) is 0 Å². The van der Waals surface area contributed by atoms with Crippen molar-refractivity contribution in [2.24, 2.45) is 0 Å². The molecule has 0 amide bonds. The summed E-state index contributed by atoms with van der Waals surface area (Å²) in [6, 6.07) is 0. The molecule has 24 valence electrons. The van der Waals surface area contributed by atoms with E-state index in [9.17, 15) is 0 Å². The Morgan fingerprint density at radius 1 is 0.125 bits per heavy atom. The molecule has 0 N–H and O–H groups in total. The van der Waals surface area contributed by atoms with E-state index >= 15 is 0 Å². The quantitative estimate of drug-likeness (QED) is 0.377. The Morgan fingerprint density at radius 3 is 0.125 bits per heavy atom. The van der Waals surface area contributed by atoms with Gasteiger partial charge in [-0.05, 0) is 0 Å². The van der Waals surface area contributed by atoms with Crippen molar-refractivity contribution in [1.82, 2.24) is 0 Å². The van der Waals surface area contributed by atoms with Crippen molar-refractivity contribution < 1.29 is 0 Å². The van der Waals surface area contributed by atoms with Crippen molar-refractivity contribution in [1.29, 1.82) is 0 Å². The van der Waals surface area contributed by atoms with Crippen molar-refractivity contribution in [3.05, 3.63) is 0 Å². The van der Waals surface area contributed by atoms with Gasteiger partial charge in [0.15, 0.2) is 0 Å². The van der Waals surface area contributed by atoms with Gasteiger partial charge in [0, 0.05) is 139 Å². The van der Waals surface area contributed by atoms with Crippen molar-refractivity contribution in [3.8, 4) is 0 Å². The van der Waals surface area contributed by atoms with E-state index in [1.807, 2.05) is 0 Å². The predicted molar refractivity (Wildman–Crippen MR) is 46.0 cm³/mol. The Hall–Kier alpha value is 4.26. The van der Waals surface area contributed by atoms with E-state index < -0.39 is 0 Å². The van der Waals surface area contributed by atoms with Crippen LogP contribution >= 0.6 is 0 Å². The maximum absolute atomic E-state index is 0. The van der Waals surface area contributed by atoms with Gasteiger partial charge in [-0.3, -0.25) is 0 Å². The van der Waals surface area contributed by atoms with Gasteiger partial charge in [0.25, 0.3) is 0 Å². The summed E-state index contributed by atoms with van der Waals surface area (Å²) >= 11 is 0. The minimum atomic E-state index is 0. The second kappa shape index (κ2) is 65.3. The summed E-state index contributed by atoms with van der Waals surface area (Å²) in [6.07, 6.45) is 0. The van der Waals surface area contributed by atoms with Crippen LogP contribution in [-0.2, 0) is 0 Å². The maximum atomic E-state index is 0. The average molecular weight is 216 g/mol. The summed E-state index contributed by atoms with van der Waals surface area (Å²) in [7, 11) is 0. The lowest BCUT2D eigenvalue weighted by atomic mass is 27.0. The van der Waals surface area contributed by atoms with E-state index in [2.05, 4.69) is 0 Å². The van der Waals surface area contributed by atoms with Crippen LogP contribution in [0.1, 0.15) is 0 Å². The van der Waals surface area contributed by atoms with Crippen LogP contribution in [0.4, 0.5) is 0 Å². The van der Waals surface area contributed by atoms with Crippen molar-refractivity contribution in [2.75, 3.05) is 0 Å². The van der Waals surface area contributed by atoms with Crippen LogP contribution in [0.15, 0.2) is 0 Å². The van der Waals surface area contributed by atoms with Crippen LogP contribution < -0.4 is 0 Å². The first-order valence-corrected chi connectivity index (χ1v) is 0. The summed E-state index contributed by atoms with van der Waals surface area (Å²) in [5.74, 6) is 0. The summed E-state index contributed by atoms with van der Waals surface area (Å²) in [4.78, 5) is 0. The third-order valence-corrected chi connectivity index (χ3v) is 0. The molecule has 0 atom stereocenters. The van der Waals surface area contributed by atoms with Gasteiger partial charge >= 0.3 is 0 Å². The molecule has 0 bridgehead atoms. The molecule has 0 aliphatic rings. The van der Waals surface area contributed by atoms with Crippen molar-refractivity contribution in [2.45, 2.75) is 0 Å². The summed E-state index contributed by atoms with van der Waals surface area (Å²) in [5.41, 5.74) is 0. The second-order valence-corrected chi connectivity index (χ2v) is 0. The van der Waals surface area contributed by atoms with Gasteiger partial charge in [-0.2, -0.15) is 0 Å². The van der Waals surface area contributed by atoms with Gasteiger partial charge in [-0.1, -0.05) is 0 Å². The third-order valence-electron chi connectivity index (χ3n) is 0. The van der Waals surface area contributed by atoms with Crippen LogP contribution in [0.25, 0.3) is 0 Å². The van der Waals surface area contributed by atoms with Crippen molar-refractivity contribution >= 4 is 139 Å². The Kier molecular flexibility index (Phi) is 699. The van der Waals surface area contributed by atoms with Crippen LogP contribution in [0.2, 0.25) is 0 Å². The van der Waals surface area contributed by atoms with E-state index in [-0.39, 0.29) is 139 Å². The Balaban J connectivity index is 0. The molecule has 0 aromatic rings. The second-order valence-electron chi connectivity index (χ2n) is 0. The number of rotatable bonds is 0. The average Bonchev–Trinajstić information content (AvgIpc) is 0. The largest absolute Gasteiger partial charge is 0 e. The molecule has 0 heterocycles. The minimum Gasteiger partial charge on any atom is 0 e. The molecule has 8 heteroatoms. The van der Waals surface area contributed by atoms with Gasteiger partial charge in [0.05, 0.1) is 0 Å². The fraction of sp³-hybridized carbons (Fsp3) is 0. The van der Waals surface area contributed by atoms with E-state index in [1.54, 1.807) is 0 Å². The SMILES string of the molecule is [Al].[Al].[Al].[Al].[Al].[Al].[Al].[Al]. The zero-order chi connectivity index (χ0) is 0. The number of hydrogen-bond donors (Lipinski definition) is 0. The van der Waals surface area contributed by atoms with Gasteiger partial charge in [-0.25, -0.2) is 0 Å². The molecule has 0 saturated carbocycles. The first-order chi connectivity index (χ1) is 0. The van der Waals surface area contributed by atoms with Gasteiger partial charge in [0.1, 0.15) is 0 Å². The first kappa shape index (κ1) is 85.7. The van der Waals surface area contributed by atoms with Crippen LogP contribution in [0.3, 0.4) is 0 Å². The van der Waals surface area contributed by atoms with E-state index in [0.717, 1.165) is 0 Å². The zero-order valence-corrected chi connectivity index (χ0v) is 13.9. The summed E-state index contributed by atoms with van der Waals surface area (Å²) < 4.78 is 0. The van der Waals surface area contributed by atoms with Crippen LogP contribution in [-0.4, -0.2) is 139 Å². The zero-order valence-electron chi connectivity index (χ0n) is 4.62. The molecule has 0 saturated heterocycles. The lowest BCUT2D eigenvalue weighted by Gasteiger charge is -0.00100. The topological polar surface area (TPSA) is 0 Å².